The van der Waals surface area contributed by atoms with Gasteiger partial charge in [-0.25, -0.2) is 0 Å². The normalized spacial score (nSPS) is 12.8. The Bertz CT molecular complexity index is 529. The molecule has 1 atom stereocenters. The zero-order valence-electron chi connectivity index (χ0n) is 13.5. The van der Waals surface area contributed by atoms with Gasteiger partial charge >= 0.3 is 5.97 Å². The molecule has 116 valence electrons. The Kier molecular flexibility index (Phi) is 5.53. The number of benzene rings is 1. The third-order valence-electron chi connectivity index (χ3n) is 3.25. The minimum atomic E-state index is -0.898. The number of carbonyl (C=O) groups is 2. The molecular weight excluding hydrogens is 266 g/mol. The number of rotatable bonds is 5. The van der Waals surface area contributed by atoms with Gasteiger partial charge in [-0.1, -0.05) is 38.5 Å². The maximum atomic E-state index is 12.4. The van der Waals surface area contributed by atoms with Gasteiger partial charge < -0.3 is 10.4 Å². The third kappa shape index (κ3) is 5.98. The van der Waals surface area contributed by atoms with Crippen molar-refractivity contribution < 1.29 is 14.7 Å². The van der Waals surface area contributed by atoms with Gasteiger partial charge in [-0.15, -0.1) is 0 Å². The maximum absolute atomic E-state index is 12.4. The van der Waals surface area contributed by atoms with E-state index in [9.17, 15) is 9.59 Å². The summed E-state index contributed by atoms with van der Waals surface area (Å²) >= 11 is 0. The number of hydrogen-bond donors (Lipinski definition) is 2. The van der Waals surface area contributed by atoms with Crippen molar-refractivity contribution in [1.82, 2.24) is 5.32 Å². The molecule has 0 heterocycles. The lowest BCUT2D eigenvalue weighted by Crippen LogP contribution is -2.39. The van der Waals surface area contributed by atoms with Crippen LogP contribution in [-0.2, 0) is 4.79 Å². The zero-order valence-corrected chi connectivity index (χ0v) is 13.5. The molecule has 1 unspecified atom stereocenters. The summed E-state index contributed by atoms with van der Waals surface area (Å²) in [5.74, 6) is -1.10. The highest BCUT2D eigenvalue weighted by atomic mass is 16.4. The largest absolute Gasteiger partial charge is 0.481 e. The number of aryl methyl sites for hydroxylation is 2. The predicted octanol–water partition coefficient (Wildman–Crippen LogP) is 3.31. The van der Waals surface area contributed by atoms with Crippen molar-refractivity contribution in [3.05, 3.63) is 34.9 Å². The van der Waals surface area contributed by atoms with Crippen LogP contribution >= 0.6 is 0 Å². The summed E-state index contributed by atoms with van der Waals surface area (Å²) in [6.45, 7) is 9.91. The van der Waals surface area contributed by atoms with E-state index in [4.69, 9.17) is 5.11 Å². The molecule has 0 saturated carbocycles. The third-order valence-corrected chi connectivity index (χ3v) is 3.25. The molecule has 1 aromatic carbocycles. The first kappa shape index (κ1) is 17.2. The average Bonchev–Trinajstić information content (AvgIpc) is 2.28. The zero-order chi connectivity index (χ0) is 16.2. The molecule has 0 fully saturated rings. The second-order valence-corrected chi connectivity index (χ2v) is 6.85. The molecule has 0 radical (unpaired) electrons. The van der Waals surface area contributed by atoms with Gasteiger partial charge in [-0.2, -0.15) is 0 Å². The molecule has 0 bridgehead atoms. The van der Waals surface area contributed by atoms with Crippen LogP contribution in [0, 0.1) is 19.3 Å². The van der Waals surface area contributed by atoms with E-state index in [1.54, 1.807) is 0 Å². The highest BCUT2D eigenvalue weighted by Gasteiger charge is 2.23. The van der Waals surface area contributed by atoms with Gasteiger partial charge in [-0.3, -0.25) is 9.59 Å². The molecule has 1 aromatic rings. The standard InChI is InChI=1S/C17H25NO3/c1-11-6-7-12(2)14(8-11)16(21)18-13(9-15(19)20)10-17(3,4)5/h6-8,13H,9-10H2,1-5H3,(H,18,21)(H,19,20). The van der Waals surface area contributed by atoms with Crippen LogP contribution in [0.3, 0.4) is 0 Å². The van der Waals surface area contributed by atoms with Crippen LogP contribution in [0.5, 0.6) is 0 Å². The number of nitrogens with one attached hydrogen (secondary N) is 1. The van der Waals surface area contributed by atoms with Crippen molar-refractivity contribution >= 4 is 11.9 Å². The van der Waals surface area contributed by atoms with Crippen LogP contribution in [0.15, 0.2) is 18.2 Å². The molecular formula is C17H25NO3. The Hall–Kier alpha value is -1.84. The van der Waals surface area contributed by atoms with Crippen LogP contribution in [0.2, 0.25) is 0 Å². The van der Waals surface area contributed by atoms with Crippen LogP contribution in [0.4, 0.5) is 0 Å². The summed E-state index contributed by atoms with van der Waals surface area (Å²) in [5, 5.41) is 11.9. The van der Waals surface area contributed by atoms with Gasteiger partial charge in [-0.05, 0) is 37.3 Å². The van der Waals surface area contributed by atoms with E-state index in [-0.39, 0.29) is 23.8 Å². The van der Waals surface area contributed by atoms with Crippen molar-refractivity contribution in [2.45, 2.75) is 53.5 Å². The van der Waals surface area contributed by atoms with Crippen LogP contribution in [-0.4, -0.2) is 23.0 Å². The van der Waals surface area contributed by atoms with Crippen molar-refractivity contribution in [2.24, 2.45) is 5.41 Å². The maximum Gasteiger partial charge on any atom is 0.305 e. The Morgan fingerprint density at radius 1 is 1.24 bits per heavy atom. The summed E-state index contributed by atoms with van der Waals surface area (Å²) < 4.78 is 0. The second kappa shape index (κ2) is 6.74. The molecule has 0 saturated heterocycles. The van der Waals surface area contributed by atoms with Gasteiger partial charge in [0.15, 0.2) is 0 Å². The van der Waals surface area contributed by atoms with Gasteiger partial charge in [0.25, 0.3) is 5.91 Å². The first-order chi connectivity index (χ1) is 9.58. The smallest absolute Gasteiger partial charge is 0.305 e. The summed E-state index contributed by atoms with van der Waals surface area (Å²) in [5.41, 5.74) is 2.47. The van der Waals surface area contributed by atoms with E-state index < -0.39 is 5.97 Å². The van der Waals surface area contributed by atoms with Crippen molar-refractivity contribution in [1.29, 1.82) is 0 Å². The quantitative estimate of drug-likeness (QED) is 0.874. The first-order valence-corrected chi connectivity index (χ1v) is 7.18. The molecule has 0 spiro atoms. The van der Waals surface area contributed by atoms with Crippen LogP contribution in [0.1, 0.15) is 55.1 Å². The Morgan fingerprint density at radius 3 is 2.38 bits per heavy atom. The fourth-order valence-corrected chi connectivity index (χ4v) is 2.37. The molecule has 1 rings (SSSR count). The Balaban J connectivity index is 2.89. The SMILES string of the molecule is Cc1ccc(C)c(C(=O)NC(CC(=O)O)CC(C)(C)C)c1. The number of carboxylic acid groups (broad SMARTS) is 1. The van der Waals surface area contributed by atoms with Crippen molar-refractivity contribution in [3.63, 3.8) is 0 Å². The van der Waals surface area contributed by atoms with E-state index in [1.165, 1.54) is 0 Å². The van der Waals surface area contributed by atoms with Crippen molar-refractivity contribution in [3.8, 4) is 0 Å². The average molecular weight is 291 g/mol. The van der Waals surface area contributed by atoms with E-state index in [2.05, 4.69) is 5.32 Å². The molecule has 2 N–H and O–H groups in total. The number of carbonyl (C=O) groups excluding carboxylic acids is 1. The molecule has 4 heteroatoms. The monoisotopic (exact) mass is 291 g/mol. The van der Waals surface area contributed by atoms with Gasteiger partial charge in [0.1, 0.15) is 0 Å². The lowest BCUT2D eigenvalue weighted by atomic mass is 9.87. The number of amides is 1. The van der Waals surface area contributed by atoms with Gasteiger partial charge in [0.2, 0.25) is 0 Å². The Morgan fingerprint density at radius 2 is 1.86 bits per heavy atom. The predicted molar refractivity (Wildman–Crippen MR) is 83.5 cm³/mol. The van der Waals surface area contributed by atoms with E-state index in [1.807, 2.05) is 52.8 Å². The van der Waals surface area contributed by atoms with Gasteiger partial charge in [0, 0.05) is 11.6 Å². The topological polar surface area (TPSA) is 66.4 Å². The summed E-state index contributed by atoms with van der Waals surface area (Å²) in [6.07, 6.45) is 0.559. The second-order valence-electron chi connectivity index (χ2n) is 6.85. The van der Waals surface area contributed by atoms with Crippen LogP contribution < -0.4 is 5.32 Å². The first-order valence-electron chi connectivity index (χ1n) is 7.18. The molecule has 0 aliphatic rings. The minimum absolute atomic E-state index is 0.0466. The molecule has 0 aliphatic heterocycles. The molecule has 21 heavy (non-hydrogen) atoms. The lowest BCUT2D eigenvalue weighted by Gasteiger charge is -2.26. The molecule has 0 aliphatic carbocycles. The number of aliphatic carboxylic acids is 1. The molecule has 4 nitrogen and oxygen atoms in total. The van der Waals surface area contributed by atoms with E-state index in [0.717, 1.165) is 11.1 Å². The van der Waals surface area contributed by atoms with Gasteiger partial charge in [0.05, 0.1) is 6.42 Å². The molecule has 1 amide bonds. The summed E-state index contributed by atoms with van der Waals surface area (Å²) in [6, 6.07) is 5.32. The van der Waals surface area contributed by atoms with E-state index >= 15 is 0 Å². The van der Waals surface area contributed by atoms with Crippen molar-refractivity contribution in [2.75, 3.05) is 0 Å². The summed E-state index contributed by atoms with van der Waals surface area (Å²) in [7, 11) is 0. The lowest BCUT2D eigenvalue weighted by molar-refractivity contribution is -0.137. The Labute approximate surface area is 126 Å². The minimum Gasteiger partial charge on any atom is -0.481 e. The highest BCUT2D eigenvalue weighted by Crippen LogP contribution is 2.22. The van der Waals surface area contributed by atoms with E-state index in [0.29, 0.717) is 12.0 Å². The molecule has 0 aromatic heterocycles. The fraction of sp³-hybridized carbons (Fsp3) is 0.529. The summed E-state index contributed by atoms with van der Waals surface area (Å²) in [4.78, 5) is 23.4. The highest BCUT2D eigenvalue weighted by molar-refractivity contribution is 5.96. The number of hydrogen-bond acceptors (Lipinski definition) is 2. The fourth-order valence-electron chi connectivity index (χ4n) is 2.37. The number of carboxylic acids is 1. The van der Waals surface area contributed by atoms with Crippen LogP contribution in [0.25, 0.3) is 0 Å².